The van der Waals surface area contributed by atoms with Crippen LogP contribution >= 0.6 is 0 Å². The second kappa shape index (κ2) is 4.98. The predicted molar refractivity (Wildman–Crippen MR) is 86.8 cm³/mol. The van der Waals surface area contributed by atoms with Gasteiger partial charge in [0.25, 0.3) is 0 Å². The highest BCUT2D eigenvalue weighted by Gasteiger charge is 2.52. The third-order valence-electron chi connectivity index (χ3n) is 7.55. The van der Waals surface area contributed by atoms with Gasteiger partial charge in [-0.3, -0.25) is 0 Å². The zero-order valence-corrected chi connectivity index (χ0v) is 13.6. The summed E-state index contributed by atoms with van der Waals surface area (Å²) in [5.74, 6) is 3.59. The van der Waals surface area contributed by atoms with E-state index in [1.807, 2.05) is 0 Å². The number of fused-ring (bicyclic) bond motifs is 5. The zero-order valence-electron chi connectivity index (χ0n) is 13.6. The monoisotopic (exact) mass is 286 g/mol. The highest BCUT2D eigenvalue weighted by atomic mass is 16.3. The van der Waals surface area contributed by atoms with Crippen molar-refractivity contribution >= 4 is 0 Å². The first kappa shape index (κ1) is 14.1. The summed E-state index contributed by atoms with van der Waals surface area (Å²) in [4.78, 5) is 0. The Morgan fingerprint density at radius 3 is 2.86 bits per heavy atom. The lowest BCUT2D eigenvalue weighted by Crippen LogP contribution is -2.45. The van der Waals surface area contributed by atoms with Crippen LogP contribution in [0.15, 0.2) is 23.3 Å². The summed E-state index contributed by atoms with van der Waals surface area (Å²) in [5, 5.41) is 9.92. The highest BCUT2D eigenvalue weighted by Crippen LogP contribution is 2.62. The van der Waals surface area contributed by atoms with Crippen LogP contribution in [0.4, 0.5) is 0 Å². The maximum Gasteiger partial charge on any atom is 0.0723 e. The lowest BCUT2D eigenvalue weighted by atomic mass is 9.51. The van der Waals surface area contributed by atoms with Crippen LogP contribution in [-0.4, -0.2) is 11.2 Å². The van der Waals surface area contributed by atoms with E-state index in [0.29, 0.717) is 5.41 Å². The highest BCUT2D eigenvalue weighted by molar-refractivity contribution is 5.27. The van der Waals surface area contributed by atoms with Crippen molar-refractivity contribution in [1.29, 1.82) is 0 Å². The van der Waals surface area contributed by atoms with Crippen molar-refractivity contribution in [3.05, 3.63) is 23.3 Å². The molecule has 21 heavy (non-hydrogen) atoms. The van der Waals surface area contributed by atoms with Crippen molar-refractivity contribution in [1.82, 2.24) is 0 Å². The SMILES string of the molecule is CCC1=CCC2C3CCC4=C[C@@H](O)CC[C@@H]4C3CC[C@]12C. The van der Waals surface area contributed by atoms with Crippen LogP contribution in [0, 0.1) is 29.1 Å². The molecule has 116 valence electrons. The van der Waals surface area contributed by atoms with Gasteiger partial charge in [-0.25, -0.2) is 0 Å². The minimum atomic E-state index is -0.151. The fourth-order valence-corrected chi connectivity index (χ4v) is 6.52. The Balaban J connectivity index is 1.61. The molecule has 0 spiro atoms. The Hall–Kier alpha value is -0.560. The zero-order chi connectivity index (χ0) is 14.6. The first-order chi connectivity index (χ1) is 10.1. The molecule has 1 heteroatoms. The smallest absolute Gasteiger partial charge is 0.0723 e. The quantitative estimate of drug-likeness (QED) is 0.682. The second-order valence-electron chi connectivity index (χ2n) is 8.24. The molecular formula is C20H30O. The van der Waals surface area contributed by atoms with E-state index in [9.17, 15) is 5.11 Å². The summed E-state index contributed by atoms with van der Waals surface area (Å²) in [6, 6.07) is 0. The van der Waals surface area contributed by atoms with Gasteiger partial charge in [0.05, 0.1) is 6.10 Å². The maximum atomic E-state index is 9.92. The Morgan fingerprint density at radius 2 is 2.05 bits per heavy atom. The van der Waals surface area contributed by atoms with E-state index < -0.39 is 0 Å². The van der Waals surface area contributed by atoms with E-state index in [2.05, 4.69) is 26.0 Å². The number of aliphatic hydroxyl groups is 1. The molecule has 2 saturated carbocycles. The molecular weight excluding hydrogens is 256 g/mol. The number of hydrogen-bond acceptors (Lipinski definition) is 1. The van der Waals surface area contributed by atoms with Crippen LogP contribution in [0.2, 0.25) is 0 Å². The number of aliphatic hydroxyl groups excluding tert-OH is 1. The summed E-state index contributed by atoms with van der Waals surface area (Å²) in [6.45, 7) is 4.90. The van der Waals surface area contributed by atoms with Gasteiger partial charge in [0.15, 0.2) is 0 Å². The number of allylic oxidation sites excluding steroid dienone is 3. The van der Waals surface area contributed by atoms with E-state index in [4.69, 9.17) is 0 Å². The van der Waals surface area contributed by atoms with Gasteiger partial charge in [-0.1, -0.05) is 37.1 Å². The minimum absolute atomic E-state index is 0.151. The molecule has 4 aliphatic carbocycles. The van der Waals surface area contributed by atoms with Gasteiger partial charge in [-0.2, -0.15) is 0 Å². The van der Waals surface area contributed by atoms with Gasteiger partial charge < -0.3 is 5.11 Å². The largest absolute Gasteiger partial charge is 0.389 e. The molecule has 4 aliphatic rings. The summed E-state index contributed by atoms with van der Waals surface area (Å²) in [6.07, 6.45) is 15.0. The Labute approximate surface area is 129 Å². The van der Waals surface area contributed by atoms with Crippen molar-refractivity contribution in [2.45, 2.75) is 71.3 Å². The molecule has 6 atom stereocenters. The Kier molecular flexibility index (Phi) is 3.33. The van der Waals surface area contributed by atoms with E-state index >= 15 is 0 Å². The summed E-state index contributed by atoms with van der Waals surface area (Å²) >= 11 is 0. The van der Waals surface area contributed by atoms with Gasteiger partial charge in [-0.05, 0) is 80.5 Å². The van der Waals surface area contributed by atoms with E-state index in [1.54, 1.807) is 11.1 Å². The average molecular weight is 286 g/mol. The van der Waals surface area contributed by atoms with Crippen LogP contribution in [0.1, 0.15) is 65.2 Å². The molecule has 0 aliphatic heterocycles. The fourth-order valence-electron chi connectivity index (χ4n) is 6.52. The predicted octanol–water partition coefficient (Wildman–Crippen LogP) is 4.87. The van der Waals surface area contributed by atoms with Crippen LogP contribution in [0.3, 0.4) is 0 Å². The van der Waals surface area contributed by atoms with Crippen LogP contribution < -0.4 is 0 Å². The molecule has 0 aromatic rings. The molecule has 0 aromatic heterocycles. The Morgan fingerprint density at radius 1 is 1.19 bits per heavy atom. The average Bonchev–Trinajstić information content (AvgIpc) is 2.83. The molecule has 4 rings (SSSR count). The lowest BCUT2D eigenvalue weighted by molar-refractivity contribution is 0.00365. The van der Waals surface area contributed by atoms with Crippen molar-refractivity contribution in [3.63, 3.8) is 0 Å². The lowest BCUT2D eigenvalue weighted by Gasteiger charge is -2.54. The second-order valence-corrected chi connectivity index (χ2v) is 8.24. The molecule has 1 nitrogen and oxygen atoms in total. The van der Waals surface area contributed by atoms with Gasteiger partial charge in [0, 0.05) is 0 Å². The van der Waals surface area contributed by atoms with Gasteiger partial charge in [0.1, 0.15) is 0 Å². The third kappa shape index (κ3) is 2.00. The minimum Gasteiger partial charge on any atom is -0.389 e. The van der Waals surface area contributed by atoms with Crippen LogP contribution in [0.25, 0.3) is 0 Å². The number of rotatable bonds is 1. The molecule has 0 amide bonds. The molecule has 0 heterocycles. The van der Waals surface area contributed by atoms with Gasteiger partial charge in [-0.15, -0.1) is 0 Å². The normalized spacial score (nSPS) is 48.8. The van der Waals surface area contributed by atoms with E-state index in [-0.39, 0.29) is 6.10 Å². The van der Waals surface area contributed by atoms with Crippen LogP contribution in [0.5, 0.6) is 0 Å². The van der Waals surface area contributed by atoms with Crippen molar-refractivity contribution in [2.24, 2.45) is 29.1 Å². The van der Waals surface area contributed by atoms with Gasteiger partial charge in [0.2, 0.25) is 0 Å². The standard InChI is InChI=1S/C20H30O/c1-3-14-5-9-19-18-7-4-13-12-15(21)6-8-16(13)17(18)10-11-20(14,19)2/h5,12,15-19,21H,3-4,6-11H2,1-2H3/t15-,16-,17?,18?,19?,20+/m0/s1. The molecule has 0 radical (unpaired) electrons. The van der Waals surface area contributed by atoms with Gasteiger partial charge >= 0.3 is 0 Å². The van der Waals surface area contributed by atoms with E-state index in [0.717, 1.165) is 30.1 Å². The third-order valence-corrected chi connectivity index (χ3v) is 7.55. The summed E-state index contributed by atoms with van der Waals surface area (Å²) < 4.78 is 0. The van der Waals surface area contributed by atoms with Crippen LogP contribution in [-0.2, 0) is 0 Å². The fraction of sp³-hybridized carbons (Fsp3) is 0.800. The van der Waals surface area contributed by atoms with Crippen molar-refractivity contribution < 1.29 is 5.11 Å². The molecule has 0 bridgehead atoms. The number of hydrogen-bond donors (Lipinski definition) is 1. The molecule has 0 saturated heterocycles. The summed E-state index contributed by atoms with van der Waals surface area (Å²) in [5.41, 5.74) is 3.89. The van der Waals surface area contributed by atoms with E-state index in [1.165, 1.54) is 44.9 Å². The molecule has 1 N–H and O–H groups in total. The topological polar surface area (TPSA) is 20.2 Å². The molecule has 0 aromatic carbocycles. The first-order valence-corrected chi connectivity index (χ1v) is 9.21. The molecule has 3 unspecified atom stereocenters. The first-order valence-electron chi connectivity index (χ1n) is 9.21. The Bertz CT molecular complexity index is 488. The van der Waals surface area contributed by atoms with Crippen molar-refractivity contribution in [3.8, 4) is 0 Å². The van der Waals surface area contributed by atoms with Crippen molar-refractivity contribution in [2.75, 3.05) is 0 Å². The summed E-state index contributed by atoms with van der Waals surface area (Å²) in [7, 11) is 0. The maximum absolute atomic E-state index is 9.92. The molecule has 2 fully saturated rings.